The van der Waals surface area contributed by atoms with Crippen molar-refractivity contribution in [3.63, 3.8) is 0 Å². The highest BCUT2D eigenvalue weighted by atomic mass is 32.2. The Hall–Kier alpha value is -0.955. The molecule has 0 bridgehead atoms. The van der Waals surface area contributed by atoms with E-state index in [-0.39, 0.29) is 5.78 Å². The number of carbonyl (C=O) groups is 1. The summed E-state index contributed by atoms with van der Waals surface area (Å²) in [6, 6.07) is 0. The van der Waals surface area contributed by atoms with Gasteiger partial charge in [-0.15, -0.1) is 0 Å². The van der Waals surface area contributed by atoms with Crippen LogP contribution in [0, 0.1) is 0 Å². The summed E-state index contributed by atoms with van der Waals surface area (Å²) >= 11 is 1.51. The van der Waals surface area contributed by atoms with E-state index in [4.69, 9.17) is 0 Å². The standard InChI is InChI=1S/C10H13BOS/c1-3-5-6-9(4-2)10(12)7-8-13-11/h3-8H,1,11H2,2H3/b6-5-,8-7+,9-4+. The van der Waals surface area contributed by atoms with Crippen LogP contribution in [0.5, 0.6) is 0 Å². The SMILES string of the molecule is BS/C=C/C(=O)C(/C=C\C=C)=C/C. The smallest absolute Gasteiger partial charge is 0.185 e. The first-order valence-corrected chi connectivity index (χ1v) is 5.24. The van der Waals surface area contributed by atoms with Crippen LogP contribution in [0.15, 0.2) is 47.9 Å². The molecule has 68 valence electrons. The first-order chi connectivity index (χ1) is 6.26. The Morgan fingerprint density at radius 1 is 1.46 bits per heavy atom. The molecule has 0 saturated carbocycles. The van der Waals surface area contributed by atoms with Gasteiger partial charge in [0, 0.05) is 5.57 Å². The zero-order chi connectivity index (χ0) is 10.1. The summed E-state index contributed by atoms with van der Waals surface area (Å²) in [7, 11) is 1.92. The highest BCUT2D eigenvalue weighted by Gasteiger charge is 1.98. The lowest BCUT2D eigenvalue weighted by Crippen LogP contribution is -1.94. The number of ketones is 1. The van der Waals surface area contributed by atoms with E-state index in [0.717, 1.165) is 0 Å². The van der Waals surface area contributed by atoms with E-state index in [1.165, 1.54) is 11.6 Å². The summed E-state index contributed by atoms with van der Waals surface area (Å²) in [4.78, 5) is 11.4. The molecule has 0 aromatic rings. The van der Waals surface area contributed by atoms with E-state index < -0.39 is 0 Å². The maximum Gasteiger partial charge on any atom is 0.185 e. The van der Waals surface area contributed by atoms with Crippen LogP contribution in [0.2, 0.25) is 0 Å². The van der Waals surface area contributed by atoms with Crippen LogP contribution < -0.4 is 0 Å². The largest absolute Gasteiger partial charge is 0.289 e. The Balaban J connectivity index is 4.43. The summed E-state index contributed by atoms with van der Waals surface area (Å²) in [5.74, 6) is 0.0231. The fourth-order valence-electron chi connectivity index (χ4n) is 0.718. The molecule has 3 heteroatoms. The van der Waals surface area contributed by atoms with Gasteiger partial charge < -0.3 is 0 Å². The van der Waals surface area contributed by atoms with Gasteiger partial charge in [-0.25, -0.2) is 0 Å². The van der Waals surface area contributed by atoms with Gasteiger partial charge in [0.1, 0.15) is 0 Å². The maximum atomic E-state index is 11.4. The van der Waals surface area contributed by atoms with Crippen molar-refractivity contribution in [3.8, 4) is 0 Å². The highest BCUT2D eigenvalue weighted by Crippen LogP contribution is 2.02. The number of hydrogen-bond acceptors (Lipinski definition) is 2. The molecule has 0 radical (unpaired) electrons. The van der Waals surface area contributed by atoms with Crippen molar-refractivity contribution >= 4 is 24.5 Å². The van der Waals surface area contributed by atoms with E-state index in [1.54, 1.807) is 35.8 Å². The van der Waals surface area contributed by atoms with Gasteiger partial charge in [-0.1, -0.05) is 30.9 Å². The molecule has 0 aromatic heterocycles. The van der Waals surface area contributed by atoms with Crippen LogP contribution in [0.3, 0.4) is 0 Å². The Labute approximate surface area is 84.6 Å². The lowest BCUT2D eigenvalue weighted by molar-refractivity contribution is -0.111. The average Bonchev–Trinajstić information content (AvgIpc) is 2.16. The van der Waals surface area contributed by atoms with E-state index in [1.807, 2.05) is 14.0 Å². The Bertz CT molecular complexity index is 264. The molecule has 0 amide bonds. The lowest BCUT2D eigenvalue weighted by Gasteiger charge is -1.93. The third-order valence-electron chi connectivity index (χ3n) is 1.36. The van der Waals surface area contributed by atoms with Crippen LogP contribution in [0.1, 0.15) is 6.92 Å². The van der Waals surface area contributed by atoms with Crippen molar-refractivity contribution in [1.29, 1.82) is 0 Å². The predicted molar refractivity (Wildman–Crippen MR) is 63.4 cm³/mol. The Kier molecular flexibility index (Phi) is 7.12. The zero-order valence-corrected chi connectivity index (χ0v) is 8.80. The van der Waals surface area contributed by atoms with Crippen molar-refractivity contribution < 1.29 is 4.79 Å². The second-order valence-corrected chi connectivity index (χ2v) is 2.99. The first-order valence-electron chi connectivity index (χ1n) is 3.95. The molecular weight excluding hydrogens is 179 g/mol. The second-order valence-electron chi connectivity index (χ2n) is 2.24. The summed E-state index contributed by atoms with van der Waals surface area (Å²) in [6.07, 6.45) is 8.50. The number of hydrogen-bond donors (Lipinski definition) is 0. The number of carbonyl (C=O) groups excluding carboxylic acids is 1. The second kappa shape index (κ2) is 7.68. The zero-order valence-electron chi connectivity index (χ0n) is 7.99. The minimum Gasteiger partial charge on any atom is -0.289 e. The molecule has 0 saturated heterocycles. The predicted octanol–water partition coefficient (Wildman–Crippen LogP) is 2.04. The van der Waals surface area contributed by atoms with Gasteiger partial charge in [-0.05, 0) is 18.4 Å². The lowest BCUT2D eigenvalue weighted by atomic mass is 10.1. The maximum absolute atomic E-state index is 11.4. The molecule has 0 N–H and O–H groups in total. The minimum atomic E-state index is 0.0231. The molecule has 0 aliphatic carbocycles. The molecule has 0 heterocycles. The molecule has 0 unspecified atom stereocenters. The summed E-state index contributed by atoms with van der Waals surface area (Å²) < 4.78 is 0. The van der Waals surface area contributed by atoms with Crippen LogP contribution in [-0.4, -0.2) is 12.9 Å². The van der Waals surface area contributed by atoms with Crippen molar-refractivity contribution in [1.82, 2.24) is 0 Å². The first kappa shape index (κ1) is 12.0. The molecule has 0 rings (SSSR count). The van der Waals surface area contributed by atoms with Crippen molar-refractivity contribution in [2.45, 2.75) is 6.92 Å². The fourth-order valence-corrected chi connectivity index (χ4v) is 0.978. The van der Waals surface area contributed by atoms with Gasteiger partial charge in [0.25, 0.3) is 0 Å². The minimum absolute atomic E-state index is 0.0231. The molecule has 0 aliphatic rings. The Morgan fingerprint density at radius 3 is 2.62 bits per heavy atom. The van der Waals surface area contributed by atoms with Crippen LogP contribution in [-0.2, 0) is 4.79 Å². The summed E-state index contributed by atoms with van der Waals surface area (Å²) in [6.45, 7) is 5.38. The van der Waals surface area contributed by atoms with Crippen molar-refractivity contribution in [3.05, 3.63) is 47.9 Å². The topological polar surface area (TPSA) is 17.1 Å². The summed E-state index contributed by atoms with van der Waals surface area (Å²) in [5.41, 5.74) is 0.685. The van der Waals surface area contributed by atoms with Gasteiger partial charge >= 0.3 is 0 Å². The van der Waals surface area contributed by atoms with Crippen LogP contribution >= 0.6 is 11.6 Å². The molecule has 13 heavy (non-hydrogen) atoms. The van der Waals surface area contributed by atoms with Gasteiger partial charge in [-0.2, -0.15) is 11.6 Å². The van der Waals surface area contributed by atoms with Crippen molar-refractivity contribution in [2.24, 2.45) is 0 Å². The molecular formula is C10H13BOS. The quantitative estimate of drug-likeness (QED) is 0.376. The van der Waals surface area contributed by atoms with E-state index in [2.05, 4.69) is 6.58 Å². The van der Waals surface area contributed by atoms with Gasteiger partial charge in [-0.3, -0.25) is 4.79 Å². The van der Waals surface area contributed by atoms with Crippen LogP contribution in [0.4, 0.5) is 0 Å². The van der Waals surface area contributed by atoms with Crippen LogP contribution in [0.25, 0.3) is 0 Å². The number of rotatable bonds is 5. The molecule has 0 fully saturated rings. The average molecular weight is 192 g/mol. The molecule has 0 atom stereocenters. The monoisotopic (exact) mass is 192 g/mol. The normalized spacial score (nSPS) is 12.5. The third-order valence-corrected chi connectivity index (χ3v) is 1.77. The van der Waals surface area contributed by atoms with E-state index in [0.29, 0.717) is 5.57 Å². The summed E-state index contributed by atoms with van der Waals surface area (Å²) in [5, 5.41) is 1.77. The van der Waals surface area contributed by atoms with Gasteiger partial charge in [0.2, 0.25) is 0 Å². The third kappa shape index (κ3) is 5.31. The van der Waals surface area contributed by atoms with E-state index >= 15 is 0 Å². The van der Waals surface area contributed by atoms with Crippen molar-refractivity contribution in [2.75, 3.05) is 0 Å². The van der Waals surface area contributed by atoms with E-state index in [9.17, 15) is 4.79 Å². The molecule has 1 nitrogen and oxygen atoms in total. The highest BCUT2D eigenvalue weighted by molar-refractivity contribution is 8.22. The fraction of sp³-hybridized carbons (Fsp3) is 0.100. The molecule has 0 aromatic carbocycles. The number of allylic oxidation sites excluding steroid dienone is 6. The van der Waals surface area contributed by atoms with Gasteiger partial charge in [0.05, 0.1) is 0 Å². The molecule has 0 spiro atoms. The molecule has 0 aliphatic heterocycles. The Morgan fingerprint density at radius 2 is 2.15 bits per heavy atom. The van der Waals surface area contributed by atoms with Gasteiger partial charge in [0.15, 0.2) is 12.9 Å².